The lowest BCUT2D eigenvalue weighted by molar-refractivity contribution is 0.127. The number of nitrogens with zero attached hydrogens (tertiary/aromatic N) is 1. The zero-order valence-electron chi connectivity index (χ0n) is 24.2. The fraction of sp³-hybridized carbons (Fsp3) is 0.300. The Morgan fingerprint density at radius 2 is 1.58 bits per heavy atom. The Hall–Kier alpha value is -4.24. The van der Waals surface area contributed by atoms with Gasteiger partial charge in [0.1, 0.15) is 23.0 Å². The standard InChI is InChI=1S/C40H35NO2/c1-4-13-34-27(8-1)30-21-20-29-31(22-23-37-38(29)33-10-3-6-15-36(33)42-37)39(30)41(34)25-18-16-24(17-19-25)26-11-7-12-32-28-9-2-5-14-35(28)43-40(26)32/h2,5,7-12,14-23,29-31,34,37-39H,1,3-4,6,13H2. The Morgan fingerprint density at radius 3 is 2.53 bits per heavy atom. The zero-order chi connectivity index (χ0) is 28.1. The topological polar surface area (TPSA) is 25.6 Å². The summed E-state index contributed by atoms with van der Waals surface area (Å²) in [6.45, 7) is 0. The number of anilines is 1. The van der Waals surface area contributed by atoms with Gasteiger partial charge < -0.3 is 14.1 Å². The third-order valence-electron chi connectivity index (χ3n) is 11.2. The average molecular weight is 562 g/mol. The van der Waals surface area contributed by atoms with Crippen LogP contribution in [0.15, 0.2) is 131 Å². The van der Waals surface area contributed by atoms with Gasteiger partial charge in [-0.3, -0.25) is 0 Å². The van der Waals surface area contributed by atoms with Gasteiger partial charge in [0.05, 0.1) is 6.04 Å². The Morgan fingerprint density at radius 1 is 0.721 bits per heavy atom. The summed E-state index contributed by atoms with van der Waals surface area (Å²) in [6, 6.07) is 25.2. The van der Waals surface area contributed by atoms with Gasteiger partial charge in [-0.05, 0) is 85.1 Å². The molecule has 4 aromatic rings. The van der Waals surface area contributed by atoms with Crippen molar-refractivity contribution in [2.45, 2.75) is 50.3 Å². The van der Waals surface area contributed by atoms with Crippen LogP contribution in [-0.2, 0) is 4.74 Å². The molecule has 0 bridgehead atoms. The number of benzene rings is 3. The number of fused-ring (bicyclic) bond motifs is 12. The summed E-state index contributed by atoms with van der Waals surface area (Å²) < 4.78 is 12.9. The van der Waals surface area contributed by atoms with Crippen LogP contribution in [0.1, 0.15) is 32.1 Å². The van der Waals surface area contributed by atoms with Crippen molar-refractivity contribution < 1.29 is 9.15 Å². The van der Waals surface area contributed by atoms with Gasteiger partial charge in [0.25, 0.3) is 0 Å². The lowest BCUT2D eigenvalue weighted by atomic mass is 9.64. The average Bonchev–Trinajstić information content (AvgIpc) is 3.74. The maximum absolute atomic E-state index is 6.48. The van der Waals surface area contributed by atoms with Crippen molar-refractivity contribution in [2.75, 3.05) is 4.90 Å². The molecular weight excluding hydrogens is 526 g/mol. The van der Waals surface area contributed by atoms with E-state index in [4.69, 9.17) is 9.15 Å². The number of allylic oxidation sites excluding steroid dienone is 5. The first-order chi connectivity index (χ1) is 21.3. The molecule has 3 heterocycles. The van der Waals surface area contributed by atoms with Gasteiger partial charge in [0.2, 0.25) is 0 Å². The van der Waals surface area contributed by atoms with E-state index in [1.165, 1.54) is 46.9 Å². The lowest BCUT2D eigenvalue weighted by Gasteiger charge is -2.45. The Bertz CT molecular complexity index is 1930. The van der Waals surface area contributed by atoms with Crippen LogP contribution >= 0.6 is 0 Å². The van der Waals surface area contributed by atoms with Gasteiger partial charge in [0.15, 0.2) is 0 Å². The Labute approximate surface area is 252 Å². The van der Waals surface area contributed by atoms with E-state index in [9.17, 15) is 0 Å². The maximum atomic E-state index is 6.48. The van der Waals surface area contributed by atoms with E-state index in [1.807, 2.05) is 6.07 Å². The van der Waals surface area contributed by atoms with E-state index in [-0.39, 0.29) is 6.10 Å². The summed E-state index contributed by atoms with van der Waals surface area (Å²) in [6.07, 6.45) is 23.5. The SMILES string of the molecule is C1=CC2C(C=CC3C4=CCCCC4N(c4ccc(-c5cccc6c5oc5ccccc56)cc4)C32)C2C3=CCCC=C3OC12. The molecule has 0 saturated carbocycles. The largest absolute Gasteiger partial charge is 0.486 e. The number of para-hydroxylation sites is 2. The second-order valence-corrected chi connectivity index (χ2v) is 13.2. The van der Waals surface area contributed by atoms with Crippen LogP contribution in [-0.4, -0.2) is 18.2 Å². The van der Waals surface area contributed by atoms with Gasteiger partial charge in [-0.15, -0.1) is 0 Å². The highest BCUT2D eigenvalue weighted by Crippen LogP contribution is 2.56. The van der Waals surface area contributed by atoms with E-state index >= 15 is 0 Å². The molecule has 0 N–H and O–H groups in total. The Kier molecular flexibility index (Phi) is 5.14. The summed E-state index contributed by atoms with van der Waals surface area (Å²) in [4.78, 5) is 2.81. The fourth-order valence-electron chi connectivity index (χ4n) is 9.42. The fourth-order valence-corrected chi connectivity index (χ4v) is 9.42. The molecule has 43 heavy (non-hydrogen) atoms. The number of furan rings is 1. The number of ether oxygens (including phenoxy) is 1. The van der Waals surface area contributed by atoms with Crippen molar-refractivity contribution in [3.8, 4) is 11.1 Å². The van der Waals surface area contributed by atoms with Gasteiger partial charge in [-0.1, -0.05) is 78.9 Å². The minimum Gasteiger partial charge on any atom is -0.486 e. The van der Waals surface area contributed by atoms with E-state index in [0.29, 0.717) is 35.8 Å². The molecule has 3 aromatic carbocycles. The summed E-state index contributed by atoms with van der Waals surface area (Å²) in [7, 11) is 0. The molecule has 6 aliphatic rings. The van der Waals surface area contributed by atoms with Crippen molar-refractivity contribution in [3.05, 3.63) is 126 Å². The second-order valence-electron chi connectivity index (χ2n) is 13.2. The molecule has 4 aliphatic carbocycles. The first-order valence-corrected chi connectivity index (χ1v) is 16.3. The van der Waals surface area contributed by atoms with Crippen LogP contribution in [0.2, 0.25) is 0 Å². The maximum Gasteiger partial charge on any atom is 0.143 e. The molecule has 10 rings (SSSR count). The molecule has 1 aromatic heterocycles. The van der Waals surface area contributed by atoms with Crippen molar-refractivity contribution in [3.63, 3.8) is 0 Å². The first kappa shape index (κ1) is 24.2. The molecule has 3 heteroatoms. The number of hydrogen-bond donors (Lipinski definition) is 0. The number of hydrogen-bond acceptors (Lipinski definition) is 3. The molecule has 0 amide bonds. The van der Waals surface area contributed by atoms with Gasteiger partial charge in [-0.25, -0.2) is 0 Å². The molecule has 2 fully saturated rings. The predicted octanol–water partition coefficient (Wildman–Crippen LogP) is 9.53. The molecule has 0 radical (unpaired) electrons. The van der Waals surface area contributed by atoms with Crippen LogP contribution in [0.3, 0.4) is 0 Å². The van der Waals surface area contributed by atoms with Crippen molar-refractivity contribution >= 4 is 27.6 Å². The third kappa shape index (κ3) is 3.42. The molecule has 7 unspecified atom stereocenters. The van der Waals surface area contributed by atoms with Crippen molar-refractivity contribution in [1.82, 2.24) is 0 Å². The van der Waals surface area contributed by atoms with Crippen molar-refractivity contribution in [1.29, 1.82) is 0 Å². The summed E-state index contributed by atoms with van der Waals surface area (Å²) in [5.74, 6) is 3.01. The number of rotatable bonds is 2. The lowest BCUT2D eigenvalue weighted by Crippen LogP contribution is -2.49. The minimum absolute atomic E-state index is 0.176. The highest BCUT2D eigenvalue weighted by molar-refractivity contribution is 6.09. The normalized spacial score (nSPS) is 31.9. The van der Waals surface area contributed by atoms with Crippen LogP contribution in [0, 0.1) is 23.7 Å². The predicted molar refractivity (Wildman–Crippen MR) is 174 cm³/mol. The van der Waals surface area contributed by atoms with E-state index < -0.39 is 0 Å². The molecule has 212 valence electrons. The van der Waals surface area contributed by atoms with Crippen LogP contribution < -0.4 is 4.90 Å². The molecular formula is C40H35NO2. The first-order valence-electron chi connectivity index (χ1n) is 16.3. The van der Waals surface area contributed by atoms with Gasteiger partial charge in [0, 0.05) is 45.8 Å². The zero-order valence-corrected chi connectivity index (χ0v) is 24.2. The van der Waals surface area contributed by atoms with Gasteiger partial charge >= 0.3 is 0 Å². The molecule has 0 spiro atoms. The third-order valence-corrected chi connectivity index (χ3v) is 11.2. The van der Waals surface area contributed by atoms with Crippen LogP contribution in [0.25, 0.3) is 33.1 Å². The summed E-state index contributed by atoms with van der Waals surface area (Å²) in [5.41, 5.74) is 8.74. The quantitative estimate of drug-likeness (QED) is 0.228. The molecule has 2 aliphatic heterocycles. The Balaban J connectivity index is 1.05. The van der Waals surface area contributed by atoms with Gasteiger partial charge in [-0.2, -0.15) is 0 Å². The summed E-state index contributed by atoms with van der Waals surface area (Å²) >= 11 is 0. The second kappa shape index (κ2) is 9.13. The molecule has 7 atom stereocenters. The van der Waals surface area contributed by atoms with Crippen LogP contribution in [0.5, 0.6) is 0 Å². The van der Waals surface area contributed by atoms with E-state index in [2.05, 4.69) is 108 Å². The summed E-state index contributed by atoms with van der Waals surface area (Å²) in [5, 5.41) is 2.36. The van der Waals surface area contributed by atoms with Crippen LogP contribution in [0.4, 0.5) is 5.69 Å². The monoisotopic (exact) mass is 561 g/mol. The van der Waals surface area contributed by atoms with E-state index in [0.717, 1.165) is 35.3 Å². The minimum atomic E-state index is 0.176. The van der Waals surface area contributed by atoms with E-state index in [1.54, 1.807) is 5.57 Å². The highest BCUT2D eigenvalue weighted by atomic mass is 16.5. The molecule has 3 nitrogen and oxygen atoms in total. The van der Waals surface area contributed by atoms with Crippen molar-refractivity contribution in [2.24, 2.45) is 23.7 Å². The highest BCUT2D eigenvalue weighted by Gasteiger charge is 2.55. The smallest absolute Gasteiger partial charge is 0.143 e. The molecule has 2 saturated heterocycles.